The summed E-state index contributed by atoms with van der Waals surface area (Å²) in [6, 6.07) is 10.1. The molecule has 0 radical (unpaired) electrons. The number of aromatic nitrogens is 6. The van der Waals surface area contributed by atoms with Gasteiger partial charge in [0.15, 0.2) is 5.82 Å². The number of para-hydroxylation sites is 1. The SMILES string of the molecule is Cc1nnnn1-c1ccccc1CNc1ncc(C#N)c(NC2CCC(O)C(C)(C)C2)n1. The third-order valence-electron chi connectivity index (χ3n) is 6.00. The zero-order chi connectivity index (χ0) is 22.7. The molecule has 166 valence electrons. The number of aliphatic hydroxyl groups is 1. The van der Waals surface area contributed by atoms with E-state index in [0.29, 0.717) is 29.7 Å². The lowest BCUT2D eigenvalue weighted by molar-refractivity contribution is 0.00926. The van der Waals surface area contributed by atoms with Crippen molar-refractivity contribution in [1.29, 1.82) is 5.26 Å². The van der Waals surface area contributed by atoms with Crippen LogP contribution in [0.5, 0.6) is 0 Å². The Bertz CT molecular complexity index is 1130. The molecule has 1 aliphatic carbocycles. The molecule has 10 nitrogen and oxygen atoms in total. The van der Waals surface area contributed by atoms with Crippen molar-refractivity contribution >= 4 is 11.8 Å². The van der Waals surface area contributed by atoms with Gasteiger partial charge < -0.3 is 15.7 Å². The first-order valence-corrected chi connectivity index (χ1v) is 10.7. The van der Waals surface area contributed by atoms with Crippen molar-refractivity contribution in [3.63, 3.8) is 0 Å². The van der Waals surface area contributed by atoms with Crippen molar-refractivity contribution in [3.8, 4) is 11.8 Å². The molecule has 1 aromatic carbocycles. The zero-order valence-corrected chi connectivity index (χ0v) is 18.4. The number of rotatable bonds is 6. The molecule has 2 heterocycles. The predicted octanol–water partition coefficient (Wildman–Crippen LogP) is 2.60. The quantitative estimate of drug-likeness (QED) is 0.535. The standard InChI is InChI=1S/C22H27N9O/c1-14-28-29-30-31(14)18-7-5-4-6-15(18)12-24-21-25-13-16(11-23)20(27-21)26-17-8-9-19(32)22(2,3)10-17/h4-7,13,17,19,32H,8-10,12H2,1-3H3,(H2,24,25,26,27). The van der Waals surface area contributed by atoms with E-state index in [-0.39, 0.29) is 17.6 Å². The van der Waals surface area contributed by atoms with Crippen LogP contribution in [0.3, 0.4) is 0 Å². The second kappa shape index (κ2) is 8.88. The lowest BCUT2D eigenvalue weighted by Gasteiger charge is -2.40. The molecular weight excluding hydrogens is 406 g/mol. The highest BCUT2D eigenvalue weighted by Crippen LogP contribution is 2.37. The summed E-state index contributed by atoms with van der Waals surface area (Å²) in [5, 5.41) is 38.1. The summed E-state index contributed by atoms with van der Waals surface area (Å²) in [6.45, 7) is 6.43. The highest BCUT2D eigenvalue weighted by molar-refractivity contribution is 5.54. The number of anilines is 2. The molecule has 32 heavy (non-hydrogen) atoms. The van der Waals surface area contributed by atoms with Crippen LogP contribution < -0.4 is 10.6 Å². The molecule has 1 fully saturated rings. The number of aliphatic hydroxyl groups excluding tert-OH is 1. The Morgan fingerprint density at radius 3 is 2.81 bits per heavy atom. The third-order valence-corrected chi connectivity index (χ3v) is 6.00. The van der Waals surface area contributed by atoms with Crippen molar-refractivity contribution in [2.45, 2.75) is 58.7 Å². The van der Waals surface area contributed by atoms with Crippen molar-refractivity contribution in [1.82, 2.24) is 30.2 Å². The molecule has 2 unspecified atom stereocenters. The van der Waals surface area contributed by atoms with Gasteiger partial charge in [0, 0.05) is 12.6 Å². The first kappa shape index (κ1) is 21.6. The van der Waals surface area contributed by atoms with Crippen LogP contribution in [0.25, 0.3) is 5.69 Å². The van der Waals surface area contributed by atoms with Gasteiger partial charge in [0.1, 0.15) is 17.5 Å². The van der Waals surface area contributed by atoms with Crippen LogP contribution >= 0.6 is 0 Å². The normalized spacial score (nSPS) is 19.8. The smallest absolute Gasteiger partial charge is 0.224 e. The summed E-state index contributed by atoms with van der Waals surface area (Å²) in [4.78, 5) is 8.86. The average Bonchev–Trinajstić information content (AvgIpc) is 3.20. The average molecular weight is 434 g/mol. The summed E-state index contributed by atoms with van der Waals surface area (Å²) in [5.41, 5.74) is 2.06. The molecule has 2 aromatic heterocycles. The number of tetrazole rings is 1. The van der Waals surface area contributed by atoms with Gasteiger partial charge in [-0.15, -0.1) is 5.10 Å². The second-order valence-electron chi connectivity index (χ2n) is 8.81. The maximum absolute atomic E-state index is 10.2. The number of hydrogen-bond donors (Lipinski definition) is 3. The highest BCUT2D eigenvalue weighted by atomic mass is 16.3. The molecule has 3 N–H and O–H groups in total. The van der Waals surface area contributed by atoms with E-state index in [1.165, 1.54) is 6.20 Å². The van der Waals surface area contributed by atoms with Crippen LogP contribution in [0.2, 0.25) is 0 Å². The molecule has 4 rings (SSSR count). The molecule has 10 heteroatoms. The van der Waals surface area contributed by atoms with Crippen molar-refractivity contribution < 1.29 is 5.11 Å². The minimum Gasteiger partial charge on any atom is -0.393 e. The number of aryl methyl sites for hydroxylation is 1. The van der Waals surface area contributed by atoms with Crippen LogP contribution in [0.4, 0.5) is 11.8 Å². The second-order valence-corrected chi connectivity index (χ2v) is 8.81. The Hall–Kier alpha value is -3.58. The molecule has 2 atom stereocenters. The van der Waals surface area contributed by atoms with Crippen molar-refractivity contribution in [2.75, 3.05) is 10.6 Å². The molecule has 0 bridgehead atoms. The topological polar surface area (TPSA) is 137 Å². The van der Waals surface area contributed by atoms with Gasteiger partial charge in [-0.3, -0.25) is 0 Å². The number of nitrogens with zero attached hydrogens (tertiary/aromatic N) is 7. The van der Waals surface area contributed by atoms with Gasteiger partial charge in [-0.05, 0) is 53.7 Å². The monoisotopic (exact) mass is 433 g/mol. The Balaban J connectivity index is 1.51. The van der Waals surface area contributed by atoms with Crippen molar-refractivity contribution in [3.05, 3.63) is 47.4 Å². The van der Waals surface area contributed by atoms with E-state index in [1.54, 1.807) is 4.68 Å². The molecular formula is C22H27N9O. The number of nitriles is 1. The van der Waals surface area contributed by atoms with Gasteiger partial charge in [0.25, 0.3) is 0 Å². The summed E-state index contributed by atoms with van der Waals surface area (Å²) in [5.74, 6) is 1.62. The molecule has 0 aliphatic heterocycles. The lowest BCUT2D eigenvalue weighted by atomic mass is 9.73. The molecule has 0 spiro atoms. The van der Waals surface area contributed by atoms with Gasteiger partial charge in [0.05, 0.1) is 18.0 Å². The fourth-order valence-electron chi connectivity index (χ4n) is 4.09. The maximum Gasteiger partial charge on any atom is 0.224 e. The summed E-state index contributed by atoms with van der Waals surface area (Å²) < 4.78 is 1.68. The first-order valence-electron chi connectivity index (χ1n) is 10.7. The number of hydrogen-bond acceptors (Lipinski definition) is 9. The van der Waals surface area contributed by atoms with Crippen LogP contribution in [-0.2, 0) is 6.54 Å². The third kappa shape index (κ3) is 4.53. The van der Waals surface area contributed by atoms with E-state index in [4.69, 9.17) is 0 Å². The van der Waals surface area contributed by atoms with E-state index >= 15 is 0 Å². The summed E-state index contributed by atoms with van der Waals surface area (Å²) >= 11 is 0. The maximum atomic E-state index is 10.2. The fourth-order valence-corrected chi connectivity index (χ4v) is 4.09. The van der Waals surface area contributed by atoms with Crippen LogP contribution in [0.15, 0.2) is 30.5 Å². The Morgan fingerprint density at radius 2 is 2.09 bits per heavy atom. The van der Waals surface area contributed by atoms with Gasteiger partial charge in [0.2, 0.25) is 5.95 Å². The lowest BCUT2D eigenvalue weighted by Crippen LogP contribution is -2.41. The molecule has 1 aliphatic rings. The van der Waals surface area contributed by atoms with E-state index < -0.39 is 0 Å². The van der Waals surface area contributed by atoms with Gasteiger partial charge in [-0.25, -0.2) is 4.98 Å². The Kier molecular flexibility index (Phi) is 6.01. The van der Waals surface area contributed by atoms with Crippen LogP contribution in [0, 0.1) is 23.7 Å². The largest absolute Gasteiger partial charge is 0.393 e. The van der Waals surface area contributed by atoms with E-state index in [0.717, 1.165) is 30.5 Å². The zero-order valence-electron chi connectivity index (χ0n) is 18.4. The minimum absolute atomic E-state index is 0.131. The Labute approximate surface area is 186 Å². The van der Waals surface area contributed by atoms with Crippen molar-refractivity contribution in [2.24, 2.45) is 5.41 Å². The molecule has 3 aromatic rings. The molecule has 0 amide bonds. The number of benzene rings is 1. The molecule has 0 saturated heterocycles. The van der Waals surface area contributed by atoms with E-state index in [1.807, 2.05) is 31.2 Å². The summed E-state index contributed by atoms with van der Waals surface area (Å²) in [6.07, 6.45) is 3.54. The van der Waals surface area contributed by atoms with Gasteiger partial charge in [-0.1, -0.05) is 32.0 Å². The first-order chi connectivity index (χ1) is 15.4. The van der Waals surface area contributed by atoms with Gasteiger partial charge >= 0.3 is 0 Å². The van der Waals surface area contributed by atoms with Gasteiger partial charge in [-0.2, -0.15) is 14.9 Å². The predicted molar refractivity (Wildman–Crippen MR) is 119 cm³/mol. The summed E-state index contributed by atoms with van der Waals surface area (Å²) in [7, 11) is 0. The minimum atomic E-state index is -0.317. The van der Waals surface area contributed by atoms with Crippen LogP contribution in [0.1, 0.15) is 50.1 Å². The van der Waals surface area contributed by atoms with Crippen LogP contribution in [-0.4, -0.2) is 47.4 Å². The molecule has 1 saturated carbocycles. The van der Waals surface area contributed by atoms with E-state index in [2.05, 4.69) is 56.0 Å². The Morgan fingerprint density at radius 1 is 1.28 bits per heavy atom. The highest BCUT2D eigenvalue weighted by Gasteiger charge is 2.35. The van der Waals surface area contributed by atoms with E-state index in [9.17, 15) is 10.4 Å². The number of nitrogens with one attached hydrogen (secondary N) is 2. The fraction of sp³-hybridized carbons (Fsp3) is 0.455.